The summed E-state index contributed by atoms with van der Waals surface area (Å²) in [6.45, 7) is 5.21. The Kier molecular flexibility index (Phi) is 5.97. The minimum Gasteiger partial charge on any atom is -0.310 e. The molecule has 0 saturated heterocycles. The molecule has 0 heterocycles. The molecule has 106 valence electrons. The predicted octanol–water partition coefficient (Wildman–Crippen LogP) is 5.92. The minimum absolute atomic E-state index is 0.322. The molecule has 0 aliphatic heterocycles. The number of hydrogen-bond donors (Lipinski definition) is 1. The topological polar surface area (TPSA) is 12.0 Å². The molecule has 0 aliphatic carbocycles. The van der Waals surface area contributed by atoms with Crippen molar-refractivity contribution in [2.45, 2.75) is 29.7 Å². The summed E-state index contributed by atoms with van der Waals surface area (Å²) in [5, 5.41) is 4.20. The van der Waals surface area contributed by atoms with E-state index in [1.54, 1.807) is 11.8 Å². The number of hydrogen-bond acceptors (Lipinski definition) is 2. The van der Waals surface area contributed by atoms with Gasteiger partial charge in [0.1, 0.15) is 0 Å². The van der Waals surface area contributed by atoms with Crippen LogP contribution < -0.4 is 5.32 Å². The second kappa shape index (κ2) is 7.51. The molecule has 2 aromatic carbocycles. The molecule has 1 atom stereocenters. The zero-order chi connectivity index (χ0) is 14.5. The highest BCUT2D eigenvalue weighted by Gasteiger charge is 2.08. The Hall–Kier alpha value is -0.480. The van der Waals surface area contributed by atoms with Crippen molar-refractivity contribution < 1.29 is 0 Å². The highest BCUT2D eigenvalue weighted by Crippen LogP contribution is 2.35. The van der Waals surface area contributed by atoms with E-state index >= 15 is 0 Å². The lowest BCUT2D eigenvalue weighted by atomic mass is 10.1. The minimum atomic E-state index is 0.322. The first-order chi connectivity index (χ1) is 9.60. The van der Waals surface area contributed by atoms with Gasteiger partial charge in [-0.1, -0.05) is 58.3 Å². The molecule has 2 aromatic rings. The quantitative estimate of drug-likeness (QED) is 0.700. The van der Waals surface area contributed by atoms with E-state index in [2.05, 4.69) is 65.4 Å². The van der Waals surface area contributed by atoms with Gasteiger partial charge in [-0.15, -0.1) is 0 Å². The van der Waals surface area contributed by atoms with Gasteiger partial charge in [-0.25, -0.2) is 0 Å². The molecule has 0 radical (unpaired) electrons. The molecular formula is C16H17BrClNS. The normalized spacial score (nSPS) is 12.4. The fraction of sp³-hybridized carbons (Fsp3) is 0.250. The van der Waals surface area contributed by atoms with E-state index in [1.807, 2.05) is 12.1 Å². The summed E-state index contributed by atoms with van der Waals surface area (Å²) in [7, 11) is 0. The number of benzene rings is 2. The van der Waals surface area contributed by atoms with Crippen molar-refractivity contribution in [2.75, 3.05) is 6.54 Å². The van der Waals surface area contributed by atoms with Gasteiger partial charge in [0.2, 0.25) is 0 Å². The molecule has 0 spiro atoms. The van der Waals surface area contributed by atoms with Gasteiger partial charge in [-0.05, 0) is 49.4 Å². The van der Waals surface area contributed by atoms with E-state index in [0.29, 0.717) is 6.04 Å². The van der Waals surface area contributed by atoms with E-state index in [0.717, 1.165) is 20.9 Å². The first kappa shape index (κ1) is 15.9. The van der Waals surface area contributed by atoms with Crippen LogP contribution in [0.4, 0.5) is 0 Å². The van der Waals surface area contributed by atoms with Crippen molar-refractivity contribution in [3.05, 3.63) is 57.5 Å². The van der Waals surface area contributed by atoms with E-state index in [9.17, 15) is 0 Å². The second-order valence-corrected chi connectivity index (χ2v) is 6.97. The molecule has 0 aliphatic rings. The summed E-state index contributed by atoms with van der Waals surface area (Å²) in [5.74, 6) is 0. The van der Waals surface area contributed by atoms with Crippen LogP contribution >= 0.6 is 39.3 Å². The smallest absolute Gasteiger partial charge is 0.0548 e. The van der Waals surface area contributed by atoms with E-state index in [1.165, 1.54) is 10.5 Å². The molecule has 20 heavy (non-hydrogen) atoms. The van der Waals surface area contributed by atoms with Crippen molar-refractivity contribution in [1.82, 2.24) is 5.32 Å². The van der Waals surface area contributed by atoms with Crippen LogP contribution in [0.1, 0.15) is 25.5 Å². The van der Waals surface area contributed by atoms with Crippen LogP contribution in [0.15, 0.2) is 56.7 Å². The fourth-order valence-corrected chi connectivity index (χ4v) is 3.69. The standard InChI is InChI=1S/C16H17BrClNS/c1-3-19-11(2)12-7-8-16(15(18)9-12)20-14-6-4-5-13(17)10-14/h4-11,19H,3H2,1-2H3. The van der Waals surface area contributed by atoms with Gasteiger partial charge in [0.25, 0.3) is 0 Å². The first-order valence-corrected chi connectivity index (χ1v) is 8.55. The molecule has 1 nitrogen and oxygen atoms in total. The summed E-state index contributed by atoms with van der Waals surface area (Å²) in [5.41, 5.74) is 1.22. The Morgan fingerprint density at radius 1 is 1.25 bits per heavy atom. The van der Waals surface area contributed by atoms with Crippen LogP contribution in [0.25, 0.3) is 0 Å². The Morgan fingerprint density at radius 2 is 2.05 bits per heavy atom. The largest absolute Gasteiger partial charge is 0.310 e. The molecule has 1 N–H and O–H groups in total. The van der Waals surface area contributed by atoms with Crippen molar-refractivity contribution >= 4 is 39.3 Å². The van der Waals surface area contributed by atoms with Gasteiger partial charge in [0.05, 0.1) is 5.02 Å². The van der Waals surface area contributed by atoms with Crippen molar-refractivity contribution in [2.24, 2.45) is 0 Å². The summed E-state index contributed by atoms with van der Waals surface area (Å²) in [6, 6.07) is 14.8. The van der Waals surface area contributed by atoms with Crippen molar-refractivity contribution in [3.8, 4) is 0 Å². The summed E-state index contributed by atoms with van der Waals surface area (Å²) in [4.78, 5) is 2.26. The second-order valence-electron chi connectivity index (χ2n) is 4.53. The van der Waals surface area contributed by atoms with Gasteiger partial charge >= 0.3 is 0 Å². The Labute approximate surface area is 138 Å². The Morgan fingerprint density at radius 3 is 2.70 bits per heavy atom. The van der Waals surface area contributed by atoms with Crippen LogP contribution in [0, 0.1) is 0 Å². The van der Waals surface area contributed by atoms with E-state index in [4.69, 9.17) is 11.6 Å². The lowest BCUT2D eigenvalue weighted by molar-refractivity contribution is 0.598. The van der Waals surface area contributed by atoms with E-state index in [-0.39, 0.29) is 0 Å². The lowest BCUT2D eigenvalue weighted by Crippen LogP contribution is -2.17. The lowest BCUT2D eigenvalue weighted by Gasteiger charge is -2.14. The van der Waals surface area contributed by atoms with Crippen molar-refractivity contribution in [1.29, 1.82) is 0 Å². The average molecular weight is 371 g/mol. The van der Waals surface area contributed by atoms with Gasteiger partial charge < -0.3 is 5.32 Å². The van der Waals surface area contributed by atoms with Crippen molar-refractivity contribution in [3.63, 3.8) is 0 Å². The van der Waals surface area contributed by atoms with Crippen LogP contribution in [0.3, 0.4) is 0 Å². The van der Waals surface area contributed by atoms with Gasteiger partial charge in [0.15, 0.2) is 0 Å². The van der Waals surface area contributed by atoms with Crippen LogP contribution in [-0.2, 0) is 0 Å². The molecule has 0 bridgehead atoms. The fourth-order valence-electron chi connectivity index (χ4n) is 1.95. The maximum absolute atomic E-state index is 6.40. The molecule has 0 amide bonds. The van der Waals surface area contributed by atoms with Crippen LogP contribution in [0.5, 0.6) is 0 Å². The molecular weight excluding hydrogens is 354 g/mol. The number of halogens is 2. The Balaban J connectivity index is 2.17. The zero-order valence-corrected chi connectivity index (χ0v) is 14.6. The zero-order valence-electron chi connectivity index (χ0n) is 11.5. The number of rotatable bonds is 5. The van der Waals surface area contributed by atoms with E-state index < -0.39 is 0 Å². The third kappa shape index (κ3) is 4.26. The van der Waals surface area contributed by atoms with Gasteiger partial charge in [-0.3, -0.25) is 0 Å². The van der Waals surface area contributed by atoms with Crippen LogP contribution in [-0.4, -0.2) is 6.54 Å². The highest BCUT2D eigenvalue weighted by atomic mass is 79.9. The molecule has 0 aromatic heterocycles. The third-order valence-corrected chi connectivity index (χ3v) is 4.97. The number of nitrogens with one attached hydrogen (secondary N) is 1. The average Bonchev–Trinajstić information content (AvgIpc) is 2.41. The predicted molar refractivity (Wildman–Crippen MR) is 91.8 cm³/mol. The summed E-state index contributed by atoms with van der Waals surface area (Å²) >= 11 is 11.6. The maximum atomic E-state index is 6.40. The maximum Gasteiger partial charge on any atom is 0.0548 e. The highest BCUT2D eigenvalue weighted by molar-refractivity contribution is 9.10. The first-order valence-electron chi connectivity index (χ1n) is 6.56. The van der Waals surface area contributed by atoms with Gasteiger partial charge in [-0.2, -0.15) is 0 Å². The SMILES string of the molecule is CCNC(C)c1ccc(Sc2cccc(Br)c2)c(Cl)c1. The Bertz CT molecular complexity index is 588. The molecule has 1 unspecified atom stereocenters. The molecule has 0 saturated carbocycles. The molecule has 4 heteroatoms. The molecule has 0 fully saturated rings. The van der Waals surface area contributed by atoms with Gasteiger partial charge in [0, 0.05) is 20.3 Å². The summed E-state index contributed by atoms with van der Waals surface area (Å²) in [6.07, 6.45) is 0. The third-order valence-electron chi connectivity index (χ3n) is 2.99. The van der Waals surface area contributed by atoms with Crippen LogP contribution in [0.2, 0.25) is 5.02 Å². The molecule has 2 rings (SSSR count). The summed E-state index contributed by atoms with van der Waals surface area (Å²) < 4.78 is 1.08. The monoisotopic (exact) mass is 369 g/mol.